The number of sulfonamides is 1. The van der Waals surface area contributed by atoms with Crippen molar-refractivity contribution in [2.75, 3.05) is 22.8 Å². The Morgan fingerprint density at radius 3 is 2.16 bits per heavy atom. The van der Waals surface area contributed by atoms with E-state index in [0.29, 0.717) is 18.4 Å². The highest BCUT2D eigenvalue weighted by atomic mass is 32.2. The summed E-state index contributed by atoms with van der Waals surface area (Å²) in [6.45, 7) is 1.44. The molecule has 10 heteroatoms. The Morgan fingerprint density at radius 2 is 1.56 bits per heavy atom. The first-order chi connectivity index (χ1) is 15.2. The van der Waals surface area contributed by atoms with Crippen LogP contribution in [0.15, 0.2) is 71.6 Å². The minimum absolute atomic E-state index is 0.0232. The second-order valence-corrected chi connectivity index (χ2v) is 8.43. The van der Waals surface area contributed by atoms with Gasteiger partial charge in [0.2, 0.25) is 5.91 Å². The Kier molecular flexibility index (Phi) is 7.04. The van der Waals surface area contributed by atoms with Gasteiger partial charge in [0.05, 0.1) is 22.9 Å². The Morgan fingerprint density at radius 1 is 0.938 bits per heavy atom. The molecule has 0 spiro atoms. The van der Waals surface area contributed by atoms with Gasteiger partial charge in [-0.25, -0.2) is 21.6 Å². The zero-order chi connectivity index (χ0) is 23.3. The quantitative estimate of drug-likeness (QED) is 0.538. The van der Waals surface area contributed by atoms with Gasteiger partial charge in [0.15, 0.2) is 0 Å². The lowest BCUT2D eigenvalue weighted by atomic mass is 10.3. The van der Waals surface area contributed by atoms with Crippen molar-refractivity contribution in [2.45, 2.75) is 11.8 Å². The molecule has 168 valence electrons. The average molecular weight is 464 g/mol. The topological polar surface area (TPSA) is 75.7 Å². The monoisotopic (exact) mass is 464 g/mol. The number of amides is 1. The van der Waals surface area contributed by atoms with Crippen molar-refractivity contribution in [2.24, 2.45) is 0 Å². The van der Waals surface area contributed by atoms with Gasteiger partial charge >= 0.3 is 0 Å². The molecule has 6 nitrogen and oxygen atoms in total. The fraction of sp³-hybridized carbons (Fsp3) is 0.136. The number of halogens is 3. The first-order valence-corrected chi connectivity index (χ1v) is 10.9. The van der Waals surface area contributed by atoms with E-state index in [9.17, 15) is 26.4 Å². The van der Waals surface area contributed by atoms with Crippen LogP contribution in [0.25, 0.3) is 0 Å². The molecule has 0 saturated heterocycles. The fourth-order valence-corrected chi connectivity index (χ4v) is 4.26. The van der Waals surface area contributed by atoms with Gasteiger partial charge in [-0.15, -0.1) is 0 Å². The van der Waals surface area contributed by atoms with E-state index in [1.54, 1.807) is 6.92 Å². The molecule has 3 aromatic carbocycles. The average Bonchev–Trinajstić information content (AvgIpc) is 2.75. The third-order valence-electron chi connectivity index (χ3n) is 4.33. The van der Waals surface area contributed by atoms with Crippen molar-refractivity contribution < 1.29 is 31.1 Å². The second-order valence-electron chi connectivity index (χ2n) is 6.56. The highest BCUT2D eigenvalue weighted by molar-refractivity contribution is 7.92. The molecule has 0 radical (unpaired) electrons. The molecular formula is C22H19F3N2O4S. The molecule has 0 unspecified atom stereocenters. The molecule has 0 aliphatic heterocycles. The standard InChI is InChI=1S/C22H19F3N2O4S/c1-2-31-18-8-10-19(11-9-18)32(29,30)27(17-6-3-15(23)4-7-17)14-22(28)26-21-12-5-16(24)13-20(21)25/h3-13H,2,14H2,1H3,(H,26,28). The maximum absolute atomic E-state index is 13.9. The number of nitrogens with zero attached hydrogens (tertiary/aromatic N) is 1. The number of nitrogens with one attached hydrogen (secondary N) is 1. The Hall–Kier alpha value is -3.53. The SMILES string of the molecule is CCOc1ccc(S(=O)(=O)N(CC(=O)Nc2ccc(F)cc2F)c2ccc(F)cc2)cc1. The van der Waals surface area contributed by atoms with Gasteiger partial charge in [-0.05, 0) is 67.6 Å². The van der Waals surface area contributed by atoms with Crippen LogP contribution in [0.1, 0.15) is 6.92 Å². The highest BCUT2D eigenvalue weighted by Gasteiger charge is 2.27. The summed E-state index contributed by atoms with van der Waals surface area (Å²) in [5.74, 6) is -2.85. The molecule has 0 fully saturated rings. The molecular weight excluding hydrogens is 445 g/mol. The van der Waals surface area contributed by atoms with Crippen molar-refractivity contribution in [1.29, 1.82) is 0 Å². The van der Waals surface area contributed by atoms with E-state index in [1.165, 1.54) is 36.4 Å². The van der Waals surface area contributed by atoms with Crippen LogP contribution in [0.2, 0.25) is 0 Å². The lowest BCUT2D eigenvalue weighted by Crippen LogP contribution is -2.38. The van der Waals surface area contributed by atoms with Crippen molar-refractivity contribution in [3.05, 3.63) is 84.2 Å². The maximum Gasteiger partial charge on any atom is 0.264 e. The number of hydrogen-bond donors (Lipinski definition) is 1. The van der Waals surface area contributed by atoms with Gasteiger partial charge in [0, 0.05) is 6.07 Å². The summed E-state index contributed by atoms with van der Waals surface area (Å²) in [4.78, 5) is 12.4. The first kappa shape index (κ1) is 23.1. The second kappa shape index (κ2) is 9.73. The Bertz CT molecular complexity index is 1200. The molecule has 32 heavy (non-hydrogen) atoms. The van der Waals surface area contributed by atoms with Crippen LogP contribution in [-0.4, -0.2) is 27.5 Å². The zero-order valence-corrected chi connectivity index (χ0v) is 17.7. The van der Waals surface area contributed by atoms with E-state index >= 15 is 0 Å². The van der Waals surface area contributed by atoms with Crippen LogP contribution in [-0.2, 0) is 14.8 Å². The van der Waals surface area contributed by atoms with Crippen molar-refractivity contribution in [1.82, 2.24) is 0 Å². The summed E-state index contributed by atoms with van der Waals surface area (Å²) in [5, 5.41) is 2.22. The normalized spacial score (nSPS) is 11.1. The van der Waals surface area contributed by atoms with Crippen molar-refractivity contribution >= 4 is 27.3 Å². The Labute approximate surface area is 183 Å². The molecule has 0 atom stereocenters. The van der Waals surface area contributed by atoms with Crippen molar-refractivity contribution in [3.8, 4) is 5.75 Å². The predicted octanol–water partition coefficient (Wildman–Crippen LogP) is 4.34. The number of rotatable bonds is 8. The van der Waals surface area contributed by atoms with E-state index in [4.69, 9.17) is 4.74 Å². The third kappa shape index (κ3) is 5.38. The largest absolute Gasteiger partial charge is 0.494 e. The molecule has 0 aromatic heterocycles. The molecule has 3 aromatic rings. The van der Waals surface area contributed by atoms with Gasteiger partial charge in [0.1, 0.15) is 29.7 Å². The number of anilines is 2. The van der Waals surface area contributed by atoms with E-state index in [-0.39, 0.29) is 16.3 Å². The summed E-state index contributed by atoms with van der Waals surface area (Å²) in [6.07, 6.45) is 0. The minimum atomic E-state index is -4.26. The number of hydrogen-bond acceptors (Lipinski definition) is 4. The van der Waals surface area contributed by atoms with Crippen LogP contribution in [0.4, 0.5) is 24.5 Å². The summed E-state index contributed by atoms with van der Waals surface area (Å²) >= 11 is 0. The predicted molar refractivity (Wildman–Crippen MR) is 114 cm³/mol. The van der Waals surface area contributed by atoms with Crippen LogP contribution < -0.4 is 14.4 Å². The van der Waals surface area contributed by atoms with E-state index in [1.807, 2.05) is 0 Å². The van der Waals surface area contributed by atoms with Crippen LogP contribution in [0.5, 0.6) is 5.75 Å². The van der Waals surface area contributed by atoms with Crippen molar-refractivity contribution in [3.63, 3.8) is 0 Å². The highest BCUT2D eigenvalue weighted by Crippen LogP contribution is 2.26. The number of benzene rings is 3. The van der Waals surface area contributed by atoms with Crippen LogP contribution in [0.3, 0.4) is 0 Å². The Balaban J connectivity index is 1.92. The van der Waals surface area contributed by atoms with E-state index < -0.39 is 39.9 Å². The molecule has 0 heterocycles. The van der Waals surface area contributed by atoms with Gasteiger partial charge in [-0.3, -0.25) is 9.10 Å². The number of carbonyl (C=O) groups excluding carboxylic acids is 1. The summed E-state index contributed by atoms with van der Waals surface area (Å²) in [6, 6.07) is 12.6. The molecule has 0 aliphatic carbocycles. The summed E-state index contributed by atoms with van der Waals surface area (Å²) < 4.78 is 73.0. The molecule has 1 amide bonds. The number of ether oxygens (including phenoxy) is 1. The smallest absolute Gasteiger partial charge is 0.264 e. The summed E-state index contributed by atoms with van der Waals surface area (Å²) in [5.41, 5.74) is -0.288. The van der Waals surface area contributed by atoms with Crippen LogP contribution >= 0.6 is 0 Å². The van der Waals surface area contributed by atoms with Crippen LogP contribution in [0, 0.1) is 17.5 Å². The maximum atomic E-state index is 13.9. The van der Waals surface area contributed by atoms with Gasteiger partial charge in [-0.1, -0.05) is 0 Å². The molecule has 0 aliphatic rings. The molecule has 0 bridgehead atoms. The lowest BCUT2D eigenvalue weighted by Gasteiger charge is -2.24. The fourth-order valence-electron chi connectivity index (χ4n) is 2.84. The molecule has 3 rings (SSSR count). The third-order valence-corrected chi connectivity index (χ3v) is 6.12. The lowest BCUT2D eigenvalue weighted by molar-refractivity contribution is -0.114. The molecule has 1 N–H and O–H groups in total. The van der Waals surface area contributed by atoms with Gasteiger partial charge in [0.25, 0.3) is 10.0 Å². The van der Waals surface area contributed by atoms with E-state index in [2.05, 4.69) is 5.32 Å². The minimum Gasteiger partial charge on any atom is -0.494 e. The summed E-state index contributed by atoms with van der Waals surface area (Å²) in [7, 11) is -4.26. The molecule has 0 saturated carbocycles. The zero-order valence-electron chi connectivity index (χ0n) is 16.9. The van der Waals surface area contributed by atoms with Gasteiger partial charge < -0.3 is 10.1 Å². The number of carbonyl (C=O) groups is 1. The first-order valence-electron chi connectivity index (χ1n) is 9.47. The van der Waals surface area contributed by atoms with E-state index in [0.717, 1.165) is 28.6 Å². The van der Waals surface area contributed by atoms with Gasteiger partial charge in [-0.2, -0.15) is 0 Å².